The van der Waals surface area contributed by atoms with Gasteiger partial charge in [-0.25, -0.2) is 9.97 Å². The van der Waals surface area contributed by atoms with E-state index in [1.54, 1.807) is 31.6 Å². The van der Waals surface area contributed by atoms with Crippen molar-refractivity contribution in [1.29, 1.82) is 0 Å². The van der Waals surface area contributed by atoms with Crippen LogP contribution in [0, 0.1) is 18.8 Å². The van der Waals surface area contributed by atoms with Crippen LogP contribution in [0.3, 0.4) is 0 Å². The number of rotatable bonds is 4. The molecule has 0 saturated heterocycles. The van der Waals surface area contributed by atoms with Gasteiger partial charge < -0.3 is 9.73 Å². The van der Waals surface area contributed by atoms with Crippen molar-refractivity contribution in [2.75, 3.05) is 0 Å². The Bertz CT molecular complexity index is 1130. The van der Waals surface area contributed by atoms with Crippen molar-refractivity contribution in [2.24, 2.45) is 11.8 Å². The van der Waals surface area contributed by atoms with E-state index in [2.05, 4.69) is 30.5 Å². The molecule has 0 spiro atoms. The second kappa shape index (κ2) is 6.67. The first-order valence-electron chi connectivity index (χ1n) is 10.9. The number of aromatic nitrogens is 5. The standard InChI is InChI=1S/C23H24N6O2/c1-14-25-6-4-18(26-14)19(30)27-23-10-15-7-16(11-23)9-22(8-15,13-23)21-29-28-20(31-21)17-3-2-5-24-12-17/h2-6,12,15-16H,7-11,13H2,1H3,(H,27,30). The number of nitrogens with one attached hydrogen (secondary N) is 1. The molecule has 8 nitrogen and oxygen atoms in total. The Hall–Kier alpha value is -3.16. The normalized spacial score (nSPS) is 31.0. The van der Waals surface area contributed by atoms with Gasteiger partial charge in [-0.3, -0.25) is 9.78 Å². The predicted octanol–water partition coefficient (Wildman–Crippen LogP) is 3.25. The minimum Gasteiger partial charge on any atom is -0.420 e. The maximum absolute atomic E-state index is 13.1. The van der Waals surface area contributed by atoms with Crippen LogP contribution >= 0.6 is 0 Å². The van der Waals surface area contributed by atoms with E-state index in [-0.39, 0.29) is 16.9 Å². The summed E-state index contributed by atoms with van der Waals surface area (Å²) in [7, 11) is 0. The molecule has 4 fully saturated rings. The summed E-state index contributed by atoms with van der Waals surface area (Å²) in [5.41, 5.74) is 0.831. The summed E-state index contributed by atoms with van der Waals surface area (Å²) < 4.78 is 6.21. The molecule has 4 bridgehead atoms. The molecule has 0 aliphatic heterocycles. The highest BCUT2D eigenvalue weighted by Crippen LogP contribution is 2.62. The van der Waals surface area contributed by atoms with E-state index < -0.39 is 0 Å². The van der Waals surface area contributed by atoms with Crippen LogP contribution in [0.25, 0.3) is 11.5 Å². The number of carbonyl (C=O) groups excluding carboxylic acids is 1. The number of hydrogen-bond acceptors (Lipinski definition) is 7. The fraction of sp³-hybridized carbons (Fsp3) is 0.478. The van der Waals surface area contributed by atoms with E-state index in [9.17, 15) is 4.79 Å². The third-order valence-electron chi connectivity index (χ3n) is 7.24. The van der Waals surface area contributed by atoms with Gasteiger partial charge in [0.25, 0.3) is 5.91 Å². The second-order valence-corrected chi connectivity index (χ2v) is 9.62. The zero-order chi connectivity index (χ0) is 21.1. The van der Waals surface area contributed by atoms with Gasteiger partial charge in [0.05, 0.1) is 11.0 Å². The molecule has 2 atom stereocenters. The first-order valence-corrected chi connectivity index (χ1v) is 10.9. The first kappa shape index (κ1) is 18.6. The van der Waals surface area contributed by atoms with E-state index in [1.807, 2.05) is 12.1 Å². The lowest BCUT2D eigenvalue weighted by molar-refractivity contribution is -0.0471. The molecule has 8 heteroatoms. The molecule has 7 rings (SSSR count). The second-order valence-electron chi connectivity index (χ2n) is 9.62. The van der Waals surface area contributed by atoms with Crippen molar-refractivity contribution in [3.63, 3.8) is 0 Å². The van der Waals surface area contributed by atoms with Crippen LogP contribution < -0.4 is 5.32 Å². The van der Waals surface area contributed by atoms with Gasteiger partial charge in [-0.2, -0.15) is 0 Å². The van der Waals surface area contributed by atoms with Gasteiger partial charge in [0, 0.05) is 24.1 Å². The van der Waals surface area contributed by atoms with Crippen LogP contribution in [0.2, 0.25) is 0 Å². The monoisotopic (exact) mass is 416 g/mol. The van der Waals surface area contributed by atoms with Gasteiger partial charge >= 0.3 is 0 Å². The molecule has 4 aliphatic carbocycles. The molecule has 158 valence electrons. The molecule has 1 N–H and O–H groups in total. The number of amides is 1. The average Bonchev–Trinajstić information content (AvgIpc) is 3.24. The Morgan fingerprint density at radius 2 is 1.97 bits per heavy atom. The summed E-state index contributed by atoms with van der Waals surface area (Å²) in [6.07, 6.45) is 11.2. The maximum Gasteiger partial charge on any atom is 0.270 e. The largest absolute Gasteiger partial charge is 0.420 e. The zero-order valence-electron chi connectivity index (χ0n) is 17.4. The van der Waals surface area contributed by atoms with E-state index >= 15 is 0 Å². The molecule has 4 aliphatic rings. The van der Waals surface area contributed by atoms with Crippen LogP contribution in [-0.2, 0) is 5.41 Å². The summed E-state index contributed by atoms with van der Waals surface area (Å²) in [6.45, 7) is 1.80. The molecule has 3 aromatic heterocycles. The van der Waals surface area contributed by atoms with E-state index in [4.69, 9.17) is 4.42 Å². The summed E-state index contributed by atoms with van der Waals surface area (Å²) in [5.74, 6) is 2.81. The number of hydrogen-bond donors (Lipinski definition) is 1. The fourth-order valence-corrected chi connectivity index (χ4v) is 6.59. The van der Waals surface area contributed by atoms with Crippen molar-refractivity contribution in [1.82, 2.24) is 30.5 Å². The summed E-state index contributed by atoms with van der Waals surface area (Å²) >= 11 is 0. The Kier molecular flexibility index (Phi) is 4.00. The molecule has 0 aromatic carbocycles. The number of carbonyl (C=O) groups is 1. The van der Waals surface area contributed by atoms with Crippen LogP contribution in [0.4, 0.5) is 0 Å². The smallest absolute Gasteiger partial charge is 0.270 e. The van der Waals surface area contributed by atoms with Gasteiger partial charge in [-0.1, -0.05) is 0 Å². The van der Waals surface area contributed by atoms with Gasteiger partial charge in [-0.15, -0.1) is 10.2 Å². The molecular weight excluding hydrogens is 392 g/mol. The third kappa shape index (κ3) is 3.12. The van der Waals surface area contributed by atoms with Gasteiger partial charge in [0.1, 0.15) is 11.5 Å². The van der Waals surface area contributed by atoms with Crippen LogP contribution in [0.1, 0.15) is 60.7 Å². The summed E-state index contributed by atoms with van der Waals surface area (Å²) in [5, 5.41) is 12.2. The SMILES string of the molecule is Cc1nccc(C(=O)NC23CC4CC(C2)CC(c2nnc(-c5cccnc5)o2)(C4)C3)n1. The lowest BCUT2D eigenvalue weighted by atomic mass is 9.46. The van der Waals surface area contributed by atoms with Crippen molar-refractivity contribution < 1.29 is 9.21 Å². The topological polar surface area (TPSA) is 107 Å². The number of nitrogens with zero attached hydrogens (tertiary/aromatic N) is 5. The van der Waals surface area contributed by atoms with Crippen LogP contribution in [-0.4, -0.2) is 36.6 Å². The average molecular weight is 416 g/mol. The summed E-state index contributed by atoms with van der Waals surface area (Å²) in [6, 6.07) is 5.47. The lowest BCUT2D eigenvalue weighted by Gasteiger charge is -2.60. The highest BCUT2D eigenvalue weighted by molar-refractivity contribution is 5.92. The molecule has 3 aromatic rings. The molecule has 1 amide bonds. The molecule has 0 radical (unpaired) electrons. The Morgan fingerprint density at radius 1 is 1.13 bits per heavy atom. The van der Waals surface area contributed by atoms with E-state index in [1.165, 1.54) is 6.42 Å². The molecule has 3 heterocycles. The van der Waals surface area contributed by atoms with Crippen molar-refractivity contribution in [2.45, 2.75) is 56.4 Å². The minimum absolute atomic E-state index is 0.121. The molecular formula is C23H24N6O2. The fourth-order valence-electron chi connectivity index (χ4n) is 6.59. The maximum atomic E-state index is 13.1. The first-order chi connectivity index (χ1) is 15.0. The van der Waals surface area contributed by atoms with Gasteiger partial charge in [0.2, 0.25) is 11.8 Å². The zero-order valence-corrected chi connectivity index (χ0v) is 17.4. The number of aryl methyl sites for hydroxylation is 1. The quantitative estimate of drug-likeness (QED) is 0.696. The van der Waals surface area contributed by atoms with Crippen molar-refractivity contribution in [3.05, 3.63) is 54.2 Å². The minimum atomic E-state index is -0.247. The van der Waals surface area contributed by atoms with Crippen molar-refractivity contribution in [3.8, 4) is 11.5 Å². The Balaban J connectivity index is 1.31. The van der Waals surface area contributed by atoms with Gasteiger partial charge in [0.15, 0.2) is 0 Å². The van der Waals surface area contributed by atoms with Crippen molar-refractivity contribution >= 4 is 5.91 Å². The highest BCUT2D eigenvalue weighted by atomic mass is 16.4. The van der Waals surface area contributed by atoms with E-state index in [0.29, 0.717) is 35.1 Å². The molecule has 2 unspecified atom stereocenters. The van der Waals surface area contributed by atoms with Crippen LogP contribution in [0.15, 0.2) is 41.2 Å². The van der Waals surface area contributed by atoms with Gasteiger partial charge in [-0.05, 0) is 75.5 Å². The molecule has 4 saturated carbocycles. The highest BCUT2D eigenvalue weighted by Gasteiger charge is 2.60. The molecule has 31 heavy (non-hydrogen) atoms. The number of pyridine rings is 1. The Morgan fingerprint density at radius 3 is 2.71 bits per heavy atom. The third-order valence-corrected chi connectivity index (χ3v) is 7.24. The van der Waals surface area contributed by atoms with E-state index in [0.717, 1.165) is 37.7 Å². The Labute approximate surface area is 179 Å². The summed E-state index contributed by atoms with van der Waals surface area (Å²) in [4.78, 5) is 25.6. The predicted molar refractivity (Wildman–Crippen MR) is 111 cm³/mol. The lowest BCUT2D eigenvalue weighted by Crippen LogP contribution is -2.64. The van der Waals surface area contributed by atoms with Crippen LogP contribution in [0.5, 0.6) is 0 Å².